The predicted molar refractivity (Wildman–Crippen MR) is 188 cm³/mol. The Hall–Kier alpha value is -5.56. The number of benzene rings is 2. The molecule has 0 radical (unpaired) electrons. The lowest BCUT2D eigenvalue weighted by Gasteiger charge is -2.11. The van der Waals surface area contributed by atoms with Crippen LogP contribution in [0.15, 0.2) is 103 Å². The van der Waals surface area contributed by atoms with Crippen LogP contribution in [0, 0.1) is 0 Å². The third kappa shape index (κ3) is 6.10. The first kappa shape index (κ1) is 30.9. The second-order valence-electron chi connectivity index (χ2n) is 9.74. The van der Waals surface area contributed by atoms with Gasteiger partial charge in [0.25, 0.3) is 0 Å². The number of rotatable bonds is 6. The maximum absolute atomic E-state index is 5.14. The summed E-state index contributed by atoms with van der Waals surface area (Å²) in [5.74, 6) is 1.52. The minimum atomic E-state index is 0.463. The van der Waals surface area contributed by atoms with Gasteiger partial charge in [-0.3, -0.25) is 9.98 Å². The van der Waals surface area contributed by atoms with E-state index >= 15 is 0 Å². The van der Waals surface area contributed by atoms with Crippen molar-refractivity contribution in [2.24, 2.45) is 4.99 Å². The number of nitrogens with zero attached hydrogens (tertiary/aromatic N) is 7. The first-order valence-electron chi connectivity index (χ1n) is 15.4. The Balaban J connectivity index is 0.000000963. The van der Waals surface area contributed by atoms with Crippen molar-refractivity contribution in [3.05, 3.63) is 115 Å². The molecule has 6 aromatic rings. The smallest absolute Gasteiger partial charge is 0.165 e. The molecule has 1 aliphatic carbocycles. The first-order valence-corrected chi connectivity index (χ1v) is 15.4. The van der Waals surface area contributed by atoms with Crippen molar-refractivity contribution < 1.29 is 0 Å². The van der Waals surface area contributed by atoms with E-state index in [0.717, 1.165) is 51.4 Å². The highest BCUT2D eigenvalue weighted by Gasteiger charge is 2.16. The molecule has 2 aromatic carbocycles. The van der Waals surface area contributed by atoms with Gasteiger partial charge < -0.3 is 4.40 Å². The van der Waals surface area contributed by atoms with Gasteiger partial charge in [0.2, 0.25) is 0 Å². The summed E-state index contributed by atoms with van der Waals surface area (Å²) < 4.78 is 2.34. The lowest BCUT2D eigenvalue weighted by atomic mass is 10.1. The van der Waals surface area contributed by atoms with Crippen LogP contribution < -0.4 is 10.7 Å². The van der Waals surface area contributed by atoms with Crippen molar-refractivity contribution in [3.63, 3.8) is 0 Å². The van der Waals surface area contributed by atoms with Crippen LogP contribution in [0.4, 0.5) is 0 Å². The monoisotopic (exact) mass is 591 g/mol. The van der Waals surface area contributed by atoms with Crippen LogP contribution in [0.2, 0.25) is 0 Å². The van der Waals surface area contributed by atoms with Crippen LogP contribution in [0.1, 0.15) is 46.4 Å². The van der Waals surface area contributed by atoms with Crippen molar-refractivity contribution in [1.82, 2.24) is 29.3 Å². The normalized spacial score (nSPS) is 12.0. The van der Waals surface area contributed by atoms with Gasteiger partial charge in [0, 0.05) is 46.2 Å². The highest BCUT2D eigenvalue weighted by atomic mass is 15.0. The number of aromatic nitrogens is 6. The predicted octanol–water partition coefficient (Wildman–Crippen LogP) is 7.70. The zero-order valence-corrected chi connectivity index (χ0v) is 26.3. The Morgan fingerprint density at radius 2 is 1.49 bits per heavy atom. The topological polar surface area (TPSA) is 81.2 Å². The van der Waals surface area contributed by atoms with E-state index in [4.69, 9.17) is 15.0 Å². The number of hydrogen-bond donors (Lipinski definition) is 0. The molecule has 0 saturated carbocycles. The Morgan fingerprint density at radius 1 is 0.778 bits per heavy atom. The largest absolute Gasteiger partial charge is 0.306 e. The second kappa shape index (κ2) is 14.3. The summed E-state index contributed by atoms with van der Waals surface area (Å²) in [5.41, 5.74) is 6.53. The molecule has 4 aromatic heterocycles. The van der Waals surface area contributed by atoms with Crippen molar-refractivity contribution in [1.29, 1.82) is 0 Å². The van der Waals surface area contributed by atoms with Gasteiger partial charge >= 0.3 is 0 Å². The van der Waals surface area contributed by atoms with Gasteiger partial charge in [-0.05, 0) is 43.8 Å². The first-order chi connectivity index (χ1) is 22.2. The summed E-state index contributed by atoms with van der Waals surface area (Å²) in [7, 11) is 0. The van der Waals surface area contributed by atoms with Gasteiger partial charge in [0.05, 0.1) is 27.4 Å². The Bertz CT molecular complexity index is 2120. The molecule has 7 heteroatoms. The molecule has 0 saturated heterocycles. The molecule has 224 valence electrons. The summed E-state index contributed by atoms with van der Waals surface area (Å²) >= 11 is 0. The minimum absolute atomic E-state index is 0.463. The van der Waals surface area contributed by atoms with Crippen molar-refractivity contribution >= 4 is 40.9 Å². The van der Waals surface area contributed by atoms with Crippen LogP contribution in [0.3, 0.4) is 0 Å². The third-order valence-corrected chi connectivity index (χ3v) is 7.21. The van der Waals surface area contributed by atoms with Crippen LogP contribution in [-0.4, -0.2) is 36.0 Å². The zero-order valence-electron chi connectivity index (χ0n) is 26.3. The average Bonchev–Trinajstić information content (AvgIpc) is 3.52. The summed E-state index contributed by atoms with van der Waals surface area (Å²) in [5, 5.41) is 3.38. The van der Waals surface area contributed by atoms with Crippen LogP contribution >= 0.6 is 0 Å². The highest BCUT2D eigenvalue weighted by Crippen LogP contribution is 2.29. The molecule has 0 fully saturated rings. The van der Waals surface area contributed by atoms with Gasteiger partial charge in [-0.15, -0.1) is 0 Å². The molecule has 0 N–H and O–H groups in total. The molecule has 0 atom stereocenters. The minimum Gasteiger partial charge on any atom is -0.306 e. The fraction of sp³-hybridized carbons (Fsp3) is 0.158. The molecular weight excluding hydrogens is 554 g/mol. The van der Waals surface area contributed by atoms with Crippen molar-refractivity contribution in [3.8, 4) is 34.0 Å². The fourth-order valence-corrected chi connectivity index (χ4v) is 5.27. The second-order valence-corrected chi connectivity index (χ2v) is 9.74. The van der Waals surface area contributed by atoms with Crippen LogP contribution in [-0.2, 0) is 0 Å². The summed E-state index contributed by atoms with van der Waals surface area (Å²) in [6.07, 6.45) is 13.2. The molecule has 7 rings (SSSR count). The van der Waals surface area contributed by atoms with Crippen LogP contribution in [0.5, 0.6) is 0 Å². The molecule has 7 nitrogen and oxygen atoms in total. The Morgan fingerprint density at radius 3 is 2.20 bits per heavy atom. The quantitative estimate of drug-likeness (QED) is 0.146. The van der Waals surface area contributed by atoms with E-state index in [0.29, 0.717) is 23.0 Å². The average molecular weight is 592 g/mol. The number of allylic oxidation sites excluding steroid dienone is 2. The Kier molecular flexibility index (Phi) is 9.80. The van der Waals surface area contributed by atoms with Gasteiger partial charge in [0.1, 0.15) is 0 Å². The third-order valence-electron chi connectivity index (χ3n) is 7.21. The van der Waals surface area contributed by atoms with Crippen molar-refractivity contribution in [2.45, 2.75) is 40.5 Å². The Labute approximate surface area is 263 Å². The van der Waals surface area contributed by atoms with E-state index in [-0.39, 0.29) is 0 Å². The lowest BCUT2D eigenvalue weighted by molar-refractivity contribution is 1.01. The van der Waals surface area contributed by atoms with Gasteiger partial charge in [-0.2, -0.15) is 0 Å². The van der Waals surface area contributed by atoms with Gasteiger partial charge in [-0.25, -0.2) is 19.9 Å². The number of aliphatic imine (C=N–C) groups is 1. The molecule has 1 aliphatic rings. The van der Waals surface area contributed by atoms with E-state index in [9.17, 15) is 0 Å². The molecule has 0 bridgehead atoms. The van der Waals surface area contributed by atoms with E-state index in [1.807, 2.05) is 52.0 Å². The van der Waals surface area contributed by atoms with Gasteiger partial charge in [0.15, 0.2) is 17.5 Å². The van der Waals surface area contributed by atoms with Crippen LogP contribution in [0.25, 0.3) is 68.2 Å². The molecule has 0 unspecified atom stereocenters. The lowest BCUT2D eigenvalue weighted by Crippen LogP contribution is -2.36. The molecule has 4 heterocycles. The molecule has 0 spiro atoms. The summed E-state index contributed by atoms with van der Waals surface area (Å²) in [4.78, 5) is 27.5. The highest BCUT2D eigenvalue weighted by molar-refractivity contribution is 5.93. The maximum Gasteiger partial charge on any atom is 0.165 e. The summed E-state index contributed by atoms with van der Waals surface area (Å²) in [6.45, 7) is 15.5. The van der Waals surface area contributed by atoms with E-state index in [1.54, 1.807) is 24.7 Å². The van der Waals surface area contributed by atoms with Crippen molar-refractivity contribution in [2.75, 3.05) is 0 Å². The zero-order chi connectivity index (χ0) is 31.8. The number of fused-ring (bicyclic) bond motifs is 5. The maximum atomic E-state index is 5.14. The molecular formula is C38H37N7. The molecule has 45 heavy (non-hydrogen) atoms. The molecule has 0 aliphatic heterocycles. The van der Waals surface area contributed by atoms with Gasteiger partial charge in [-0.1, -0.05) is 95.0 Å². The SMILES string of the molecule is C=C/C(=C\N=C)c1nc(-c2ccc(-c3nc4c(n5c3cc3ccccc35)=CCCC=4)cc2)nc(-c2cccnc2)n1.CC.CC. The standard InChI is InChI=1S/C34H25N7.2C2H6/c1-3-22(20-35-2)32-38-33(40-34(39-32)26-10-8-18-36-21-26)24-16-14-23(15-17-24)31-30-19-25-9-4-6-12-28(25)41(30)29-13-7-5-11-27(29)37-31;2*1-2/h3-4,6,8-21H,1-2,5,7H2;2*1-2H3/b22-20+;;. The van der Waals surface area contributed by atoms with E-state index in [2.05, 4.69) is 87.3 Å². The number of para-hydroxylation sites is 1. The van der Waals surface area contributed by atoms with E-state index < -0.39 is 0 Å². The molecule has 0 amide bonds. The fourth-order valence-electron chi connectivity index (χ4n) is 5.27. The summed E-state index contributed by atoms with van der Waals surface area (Å²) in [6, 6.07) is 22.7. The number of hydrogen-bond acceptors (Lipinski definition) is 6. The number of pyridine rings is 1. The van der Waals surface area contributed by atoms with E-state index in [1.165, 1.54) is 10.9 Å².